The molecule has 0 heterocycles. The highest BCUT2D eigenvalue weighted by Gasteiger charge is 2.57. The van der Waals surface area contributed by atoms with Crippen LogP contribution in [-0.4, -0.2) is 30.0 Å². The van der Waals surface area contributed by atoms with Crippen molar-refractivity contribution in [3.63, 3.8) is 0 Å². The molecule has 2 fully saturated rings. The van der Waals surface area contributed by atoms with Crippen LogP contribution in [-0.2, 0) is 9.53 Å². The van der Waals surface area contributed by atoms with Gasteiger partial charge in [-0.1, -0.05) is 18.1 Å². The van der Waals surface area contributed by atoms with Crippen LogP contribution in [0.1, 0.15) is 65.2 Å². The Labute approximate surface area is 150 Å². The summed E-state index contributed by atoms with van der Waals surface area (Å²) in [4.78, 5) is 11.5. The normalized spacial score (nSPS) is 46.2. The first-order valence-electron chi connectivity index (χ1n) is 10.1. The molecule has 0 spiro atoms. The van der Waals surface area contributed by atoms with E-state index in [9.17, 15) is 14.3 Å². The molecule has 0 aromatic carbocycles. The van der Waals surface area contributed by atoms with Gasteiger partial charge < -0.3 is 9.84 Å². The van der Waals surface area contributed by atoms with E-state index in [1.54, 1.807) is 0 Å². The SMILES string of the molecule is CC(=O)OC1CC[C@H]2[C@@H]3CC(CO)C4=C(CCC(F)C4)[C@H]3CC[C@]12C. The van der Waals surface area contributed by atoms with Crippen LogP contribution >= 0.6 is 0 Å². The van der Waals surface area contributed by atoms with Crippen LogP contribution in [0.5, 0.6) is 0 Å². The molecular formula is C21H31FO3. The number of carbonyl (C=O) groups is 1. The maximum atomic E-state index is 14.0. The Morgan fingerprint density at radius 1 is 1.28 bits per heavy atom. The lowest BCUT2D eigenvalue weighted by molar-refractivity contribution is -0.155. The van der Waals surface area contributed by atoms with Gasteiger partial charge in [0.2, 0.25) is 0 Å². The van der Waals surface area contributed by atoms with E-state index >= 15 is 0 Å². The van der Waals surface area contributed by atoms with Crippen molar-refractivity contribution < 1.29 is 19.0 Å². The predicted octanol–water partition coefficient (Wildman–Crippen LogP) is 4.19. The molecule has 0 aromatic heterocycles. The van der Waals surface area contributed by atoms with Crippen molar-refractivity contribution in [2.75, 3.05) is 6.61 Å². The van der Waals surface area contributed by atoms with Crippen molar-refractivity contribution in [2.45, 2.75) is 77.5 Å². The number of ether oxygens (including phenoxy) is 1. The number of allylic oxidation sites excluding steroid dienone is 1. The van der Waals surface area contributed by atoms with Crippen LogP contribution in [0.15, 0.2) is 11.1 Å². The molecule has 7 atom stereocenters. The fraction of sp³-hybridized carbons (Fsp3) is 0.857. The van der Waals surface area contributed by atoms with Gasteiger partial charge in [-0.15, -0.1) is 0 Å². The van der Waals surface area contributed by atoms with Crippen LogP contribution in [0.25, 0.3) is 0 Å². The molecular weight excluding hydrogens is 319 g/mol. The largest absolute Gasteiger partial charge is 0.462 e. The number of carbonyl (C=O) groups excluding carboxylic acids is 1. The van der Waals surface area contributed by atoms with E-state index in [4.69, 9.17) is 4.74 Å². The minimum atomic E-state index is -0.724. The van der Waals surface area contributed by atoms with E-state index in [-0.39, 0.29) is 30.0 Å². The monoisotopic (exact) mass is 350 g/mol. The molecule has 4 aliphatic rings. The Bertz CT molecular complexity index is 586. The zero-order valence-electron chi connectivity index (χ0n) is 15.5. The molecule has 0 bridgehead atoms. The van der Waals surface area contributed by atoms with Crippen LogP contribution < -0.4 is 0 Å². The molecule has 4 heteroatoms. The fourth-order valence-electron chi connectivity index (χ4n) is 6.85. The van der Waals surface area contributed by atoms with E-state index in [2.05, 4.69) is 6.92 Å². The molecule has 4 rings (SSSR count). The summed E-state index contributed by atoms with van der Waals surface area (Å²) >= 11 is 0. The van der Waals surface area contributed by atoms with Gasteiger partial charge in [0.1, 0.15) is 12.3 Å². The average Bonchev–Trinajstić information content (AvgIpc) is 2.90. The molecule has 3 unspecified atom stereocenters. The van der Waals surface area contributed by atoms with Crippen molar-refractivity contribution in [3.8, 4) is 0 Å². The maximum absolute atomic E-state index is 14.0. The van der Waals surface area contributed by atoms with Gasteiger partial charge in [-0.05, 0) is 62.7 Å². The molecule has 140 valence electrons. The number of aliphatic hydroxyl groups is 1. The van der Waals surface area contributed by atoms with Crippen molar-refractivity contribution in [2.24, 2.45) is 29.1 Å². The smallest absolute Gasteiger partial charge is 0.302 e. The highest BCUT2D eigenvalue weighted by atomic mass is 19.1. The van der Waals surface area contributed by atoms with Crippen molar-refractivity contribution in [1.82, 2.24) is 0 Å². The quantitative estimate of drug-likeness (QED) is 0.600. The first kappa shape index (κ1) is 17.5. The van der Waals surface area contributed by atoms with Crippen molar-refractivity contribution >= 4 is 5.97 Å². The number of hydrogen-bond acceptors (Lipinski definition) is 3. The van der Waals surface area contributed by atoms with Gasteiger partial charge in [0.15, 0.2) is 0 Å². The van der Waals surface area contributed by atoms with Crippen LogP contribution in [0.2, 0.25) is 0 Å². The van der Waals surface area contributed by atoms with Gasteiger partial charge >= 0.3 is 5.97 Å². The molecule has 3 nitrogen and oxygen atoms in total. The Balaban J connectivity index is 1.63. The van der Waals surface area contributed by atoms with Gasteiger partial charge in [0.25, 0.3) is 0 Å². The molecule has 25 heavy (non-hydrogen) atoms. The summed E-state index contributed by atoms with van der Waals surface area (Å²) in [5.41, 5.74) is 2.81. The molecule has 0 saturated heterocycles. The third-order valence-electron chi connectivity index (χ3n) is 7.96. The highest BCUT2D eigenvalue weighted by Crippen LogP contribution is 2.62. The number of hydrogen-bond donors (Lipinski definition) is 1. The Morgan fingerprint density at radius 3 is 2.80 bits per heavy atom. The summed E-state index contributed by atoms with van der Waals surface area (Å²) in [5.74, 6) is 1.66. The Kier molecular flexibility index (Phi) is 4.46. The summed E-state index contributed by atoms with van der Waals surface area (Å²) in [6.07, 6.45) is 6.68. The van der Waals surface area contributed by atoms with E-state index < -0.39 is 6.17 Å². The highest BCUT2D eigenvalue weighted by molar-refractivity contribution is 5.66. The Hall–Kier alpha value is -0.900. The second kappa shape index (κ2) is 6.37. The topological polar surface area (TPSA) is 46.5 Å². The summed E-state index contributed by atoms with van der Waals surface area (Å²) in [6.45, 7) is 3.97. The second-order valence-corrected chi connectivity index (χ2v) is 9.10. The van der Waals surface area contributed by atoms with Gasteiger partial charge in [-0.2, -0.15) is 0 Å². The van der Waals surface area contributed by atoms with Gasteiger partial charge in [-0.25, -0.2) is 4.39 Å². The van der Waals surface area contributed by atoms with E-state index in [0.29, 0.717) is 30.6 Å². The standard InChI is InChI=1S/C21H31FO3/c1-12(24)25-20-6-5-19-18-9-13(11-23)17-10-14(22)3-4-15(17)16(18)7-8-21(19,20)2/h13-14,16,18-20,23H,3-11H2,1-2H3/t13?,14?,16-,18-,19+,20?,21+/m1/s1. The summed E-state index contributed by atoms with van der Waals surface area (Å²) < 4.78 is 19.7. The summed E-state index contributed by atoms with van der Waals surface area (Å²) in [5, 5.41) is 9.96. The fourth-order valence-corrected chi connectivity index (χ4v) is 6.85. The average molecular weight is 350 g/mol. The van der Waals surface area contributed by atoms with Gasteiger partial charge in [-0.3, -0.25) is 4.79 Å². The minimum Gasteiger partial charge on any atom is -0.462 e. The molecule has 0 radical (unpaired) electrons. The molecule has 0 amide bonds. The predicted molar refractivity (Wildman–Crippen MR) is 93.6 cm³/mol. The number of aliphatic hydroxyl groups excluding tert-OH is 1. The number of halogens is 1. The summed E-state index contributed by atoms with van der Waals surface area (Å²) in [7, 11) is 0. The zero-order chi connectivity index (χ0) is 17.8. The maximum Gasteiger partial charge on any atom is 0.302 e. The van der Waals surface area contributed by atoms with Crippen molar-refractivity contribution in [1.29, 1.82) is 0 Å². The molecule has 2 saturated carbocycles. The molecule has 0 aromatic rings. The lowest BCUT2D eigenvalue weighted by Gasteiger charge is -2.53. The number of fused-ring (bicyclic) bond motifs is 4. The number of alkyl halides is 1. The van der Waals surface area contributed by atoms with Crippen LogP contribution in [0.4, 0.5) is 4.39 Å². The number of rotatable bonds is 2. The number of esters is 1. The Morgan fingerprint density at radius 2 is 2.08 bits per heavy atom. The molecule has 1 N–H and O–H groups in total. The lowest BCUT2D eigenvalue weighted by Crippen LogP contribution is -2.48. The van der Waals surface area contributed by atoms with E-state index in [0.717, 1.165) is 38.5 Å². The van der Waals surface area contributed by atoms with Crippen molar-refractivity contribution in [3.05, 3.63) is 11.1 Å². The van der Waals surface area contributed by atoms with E-state index in [1.165, 1.54) is 18.1 Å². The van der Waals surface area contributed by atoms with Gasteiger partial charge in [0, 0.05) is 31.3 Å². The molecule has 0 aliphatic heterocycles. The lowest BCUT2D eigenvalue weighted by atomic mass is 9.52. The molecule has 4 aliphatic carbocycles. The van der Waals surface area contributed by atoms with Crippen LogP contribution in [0.3, 0.4) is 0 Å². The summed E-state index contributed by atoms with van der Waals surface area (Å²) in [6, 6.07) is 0. The van der Waals surface area contributed by atoms with Crippen LogP contribution in [0, 0.1) is 29.1 Å². The first-order valence-corrected chi connectivity index (χ1v) is 10.1. The zero-order valence-corrected chi connectivity index (χ0v) is 15.5. The minimum absolute atomic E-state index is 0.0421. The first-order chi connectivity index (χ1) is 11.9. The second-order valence-electron chi connectivity index (χ2n) is 9.10. The third kappa shape index (κ3) is 2.75. The third-order valence-corrected chi connectivity index (χ3v) is 7.96. The van der Waals surface area contributed by atoms with Gasteiger partial charge in [0.05, 0.1) is 0 Å². The van der Waals surface area contributed by atoms with E-state index in [1.807, 2.05) is 0 Å².